The van der Waals surface area contributed by atoms with Gasteiger partial charge in [-0.05, 0) is 10.8 Å². The molecule has 0 aromatic carbocycles. The van der Waals surface area contributed by atoms with Crippen molar-refractivity contribution < 1.29 is 9.90 Å². The van der Waals surface area contributed by atoms with Crippen LogP contribution in [0.4, 0.5) is 0 Å². The molecule has 9 heavy (non-hydrogen) atoms. The number of halogens is 1. The van der Waals surface area contributed by atoms with Crippen LogP contribution in [-0.4, -0.2) is 15.5 Å². The predicted octanol–water partition coefficient (Wildman–Crippen LogP) is 2.31. The minimum absolute atomic E-state index is 0.833. The molecular formula is C6H13IO2. The Morgan fingerprint density at radius 1 is 1.67 bits per heavy atom. The van der Waals surface area contributed by atoms with Crippen LogP contribution in [0.3, 0.4) is 0 Å². The Morgan fingerprint density at radius 3 is 2.00 bits per heavy atom. The van der Waals surface area contributed by atoms with E-state index in [2.05, 4.69) is 29.5 Å². The molecule has 0 rings (SSSR count). The third-order valence-corrected chi connectivity index (χ3v) is 1.25. The van der Waals surface area contributed by atoms with Gasteiger partial charge in [0.1, 0.15) is 0 Å². The number of alkyl halides is 1. The van der Waals surface area contributed by atoms with Gasteiger partial charge in [0.2, 0.25) is 0 Å². The molecule has 0 saturated carbocycles. The zero-order chi connectivity index (χ0) is 7.70. The Morgan fingerprint density at radius 2 is 2.00 bits per heavy atom. The molecule has 0 bridgehead atoms. The number of hydrogen-bond donors (Lipinski definition) is 1. The summed E-state index contributed by atoms with van der Waals surface area (Å²) in [7, 11) is 0. The van der Waals surface area contributed by atoms with Gasteiger partial charge < -0.3 is 5.11 Å². The van der Waals surface area contributed by atoms with Crippen LogP contribution in [0.25, 0.3) is 0 Å². The van der Waals surface area contributed by atoms with Crippen molar-refractivity contribution in [3.63, 3.8) is 0 Å². The molecule has 0 atom stereocenters. The first kappa shape index (κ1) is 11.9. The lowest BCUT2D eigenvalue weighted by atomic mass is 10.4. The minimum atomic E-state index is -0.833. The number of carboxylic acid groups (broad SMARTS) is 1. The van der Waals surface area contributed by atoms with Gasteiger partial charge in [0.25, 0.3) is 5.97 Å². The van der Waals surface area contributed by atoms with Crippen LogP contribution in [0.2, 0.25) is 0 Å². The van der Waals surface area contributed by atoms with Crippen molar-refractivity contribution in [2.75, 3.05) is 4.43 Å². The summed E-state index contributed by atoms with van der Waals surface area (Å²) in [6.45, 7) is 3.29. The average Bonchev–Trinajstić information content (AvgIpc) is 1.66. The van der Waals surface area contributed by atoms with E-state index in [-0.39, 0.29) is 0 Å². The van der Waals surface area contributed by atoms with Crippen molar-refractivity contribution in [1.82, 2.24) is 0 Å². The Bertz CT molecular complexity index is 58.1. The fraction of sp³-hybridized carbons (Fsp3) is 0.833. The fourth-order valence-electron chi connectivity index (χ4n) is 0.134. The van der Waals surface area contributed by atoms with E-state index in [1.54, 1.807) is 0 Å². The Kier molecular flexibility index (Phi) is 14.7. The molecule has 0 fully saturated rings. The van der Waals surface area contributed by atoms with Crippen molar-refractivity contribution >= 4 is 28.6 Å². The van der Waals surface area contributed by atoms with E-state index in [1.165, 1.54) is 17.3 Å². The van der Waals surface area contributed by atoms with Crippen LogP contribution in [0.1, 0.15) is 26.7 Å². The van der Waals surface area contributed by atoms with Gasteiger partial charge in [-0.15, -0.1) is 0 Å². The van der Waals surface area contributed by atoms with Crippen molar-refractivity contribution in [3.05, 3.63) is 0 Å². The van der Waals surface area contributed by atoms with Crippen LogP contribution in [0, 0.1) is 0 Å². The molecule has 2 nitrogen and oxygen atoms in total. The monoisotopic (exact) mass is 244 g/mol. The molecule has 1 N–H and O–H groups in total. The molecule has 0 spiro atoms. The van der Waals surface area contributed by atoms with E-state index in [1.807, 2.05) is 0 Å². The third kappa shape index (κ3) is 65.1. The second kappa shape index (κ2) is 11.1. The molecular weight excluding hydrogens is 231 g/mol. The first-order chi connectivity index (χ1) is 4.15. The van der Waals surface area contributed by atoms with Crippen molar-refractivity contribution in [1.29, 1.82) is 0 Å². The number of hydrogen-bond acceptors (Lipinski definition) is 1. The Labute approximate surface area is 69.8 Å². The van der Waals surface area contributed by atoms with E-state index in [4.69, 9.17) is 9.90 Å². The smallest absolute Gasteiger partial charge is 0.300 e. The van der Waals surface area contributed by atoms with Gasteiger partial charge in [-0.3, -0.25) is 4.79 Å². The summed E-state index contributed by atoms with van der Waals surface area (Å²) in [4.78, 5) is 9.00. The van der Waals surface area contributed by atoms with Crippen molar-refractivity contribution in [3.8, 4) is 0 Å². The Hall–Kier alpha value is 0.200. The Balaban J connectivity index is 0. The average molecular weight is 244 g/mol. The summed E-state index contributed by atoms with van der Waals surface area (Å²) in [5.74, 6) is -0.833. The molecule has 3 heteroatoms. The first-order valence-electron chi connectivity index (χ1n) is 2.90. The van der Waals surface area contributed by atoms with Gasteiger partial charge in [-0.25, -0.2) is 0 Å². The molecule has 0 amide bonds. The molecule has 0 aromatic rings. The second-order valence-electron chi connectivity index (χ2n) is 1.56. The predicted molar refractivity (Wildman–Crippen MR) is 47.1 cm³/mol. The second-order valence-corrected chi connectivity index (χ2v) is 2.64. The van der Waals surface area contributed by atoms with E-state index < -0.39 is 5.97 Å². The number of unbranched alkanes of at least 4 members (excludes halogenated alkanes) is 1. The molecule has 0 unspecified atom stereocenters. The molecule has 0 heterocycles. The summed E-state index contributed by atoms with van der Waals surface area (Å²) in [5.41, 5.74) is 0. The van der Waals surface area contributed by atoms with Crippen LogP contribution in [0.5, 0.6) is 0 Å². The first-order valence-corrected chi connectivity index (χ1v) is 4.43. The molecule has 0 aliphatic rings. The largest absolute Gasteiger partial charge is 0.481 e. The summed E-state index contributed by atoms with van der Waals surface area (Å²) in [6.07, 6.45) is 2.71. The van der Waals surface area contributed by atoms with Crippen LogP contribution < -0.4 is 0 Å². The minimum Gasteiger partial charge on any atom is -0.481 e. The van der Waals surface area contributed by atoms with Crippen LogP contribution >= 0.6 is 22.6 Å². The van der Waals surface area contributed by atoms with Gasteiger partial charge in [0.05, 0.1) is 0 Å². The summed E-state index contributed by atoms with van der Waals surface area (Å²) < 4.78 is 1.31. The zero-order valence-electron chi connectivity index (χ0n) is 5.85. The lowest BCUT2D eigenvalue weighted by Gasteiger charge is -1.77. The molecule has 56 valence electrons. The van der Waals surface area contributed by atoms with E-state index in [9.17, 15) is 0 Å². The maximum atomic E-state index is 9.00. The van der Waals surface area contributed by atoms with Gasteiger partial charge in [0.15, 0.2) is 0 Å². The molecule has 0 aliphatic heterocycles. The maximum absolute atomic E-state index is 9.00. The number of rotatable bonds is 2. The molecule has 0 radical (unpaired) electrons. The molecule has 0 aromatic heterocycles. The van der Waals surface area contributed by atoms with Crippen LogP contribution in [-0.2, 0) is 4.79 Å². The van der Waals surface area contributed by atoms with Gasteiger partial charge in [-0.1, -0.05) is 35.9 Å². The fourth-order valence-corrected chi connectivity index (χ4v) is 0.896. The molecule has 0 saturated heterocycles. The van der Waals surface area contributed by atoms with Gasteiger partial charge in [-0.2, -0.15) is 0 Å². The maximum Gasteiger partial charge on any atom is 0.300 e. The standard InChI is InChI=1S/C4H9I.C2H4O2/c1-2-3-4-5;1-2(3)4/h2-4H2,1H3;1H3,(H,3,4). The van der Waals surface area contributed by atoms with Gasteiger partial charge in [0, 0.05) is 6.92 Å². The summed E-state index contributed by atoms with van der Waals surface area (Å²) in [5, 5.41) is 7.42. The summed E-state index contributed by atoms with van der Waals surface area (Å²) in [6, 6.07) is 0. The van der Waals surface area contributed by atoms with Gasteiger partial charge >= 0.3 is 0 Å². The number of aliphatic carboxylic acids is 1. The molecule has 0 aliphatic carbocycles. The normalized spacial score (nSPS) is 7.44. The lowest BCUT2D eigenvalue weighted by Crippen LogP contribution is -1.78. The van der Waals surface area contributed by atoms with E-state index >= 15 is 0 Å². The third-order valence-electron chi connectivity index (χ3n) is 0.487. The van der Waals surface area contributed by atoms with E-state index in [0.29, 0.717) is 0 Å². The summed E-state index contributed by atoms with van der Waals surface area (Å²) >= 11 is 2.39. The highest BCUT2D eigenvalue weighted by atomic mass is 127. The highest BCUT2D eigenvalue weighted by molar-refractivity contribution is 14.1. The highest BCUT2D eigenvalue weighted by Gasteiger charge is 1.69. The van der Waals surface area contributed by atoms with Crippen molar-refractivity contribution in [2.45, 2.75) is 26.7 Å². The lowest BCUT2D eigenvalue weighted by molar-refractivity contribution is -0.134. The topological polar surface area (TPSA) is 37.3 Å². The highest BCUT2D eigenvalue weighted by Crippen LogP contribution is 1.90. The quantitative estimate of drug-likeness (QED) is 0.597. The zero-order valence-corrected chi connectivity index (χ0v) is 8.01. The van der Waals surface area contributed by atoms with E-state index in [0.717, 1.165) is 6.92 Å². The van der Waals surface area contributed by atoms with Crippen molar-refractivity contribution in [2.24, 2.45) is 0 Å². The van der Waals surface area contributed by atoms with Crippen LogP contribution in [0.15, 0.2) is 0 Å². The number of carboxylic acids is 1. The number of carbonyl (C=O) groups is 1. The SMILES string of the molecule is CC(=O)O.CCCCI.